The van der Waals surface area contributed by atoms with Crippen molar-refractivity contribution in [1.29, 1.82) is 0 Å². The molecule has 1 atom stereocenters. The predicted molar refractivity (Wildman–Crippen MR) is 71.5 cm³/mol. The molecule has 0 spiro atoms. The second kappa shape index (κ2) is 6.99. The van der Waals surface area contributed by atoms with Gasteiger partial charge in [-0.05, 0) is 40.9 Å². The standard InChI is InChI=1S/C13H18BrNO2/c14-12-5-1-2-6-13(12)17-9-7-15-10-11-4-3-8-16-11/h1-2,5-6,11,15H,3-4,7-10H2. The van der Waals surface area contributed by atoms with Crippen LogP contribution in [0.25, 0.3) is 0 Å². The third-order valence-corrected chi connectivity index (χ3v) is 3.42. The van der Waals surface area contributed by atoms with E-state index < -0.39 is 0 Å². The summed E-state index contributed by atoms with van der Waals surface area (Å²) in [7, 11) is 0. The van der Waals surface area contributed by atoms with Gasteiger partial charge in [-0.15, -0.1) is 0 Å². The Morgan fingerprint density at radius 3 is 3.06 bits per heavy atom. The van der Waals surface area contributed by atoms with Crippen molar-refractivity contribution in [2.75, 3.05) is 26.3 Å². The third-order valence-electron chi connectivity index (χ3n) is 2.77. The largest absolute Gasteiger partial charge is 0.491 e. The van der Waals surface area contributed by atoms with Crippen LogP contribution in [0.2, 0.25) is 0 Å². The maximum atomic E-state index is 5.65. The van der Waals surface area contributed by atoms with Crippen LogP contribution in [0.3, 0.4) is 0 Å². The lowest BCUT2D eigenvalue weighted by molar-refractivity contribution is 0.109. The van der Waals surface area contributed by atoms with E-state index in [-0.39, 0.29) is 0 Å². The quantitative estimate of drug-likeness (QED) is 0.819. The van der Waals surface area contributed by atoms with Gasteiger partial charge in [0.1, 0.15) is 12.4 Å². The monoisotopic (exact) mass is 299 g/mol. The van der Waals surface area contributed by atoms with Gasteiger partial charge in [-0.2, -0.15) is 0 Å². The van der Waals surface area contributed by atoms with E-state index in [9.17, 15) is 0 Å². The Morgan fingerprint density at radius 2 is 2.29 bits per heavy atom. The number of hydrogen-bond acceptors (Lipinski definition) is 3. The Morgan fingerprint density at radius 1 is 1.41 bits per heavy atom. The van der Waals surface area contributed by atoms with E-state index in [1.165, 1.54) is 12.8 Å². The summed E-state index contributed by atoms with van der Waals surface area (Å²) in [5.41, 5.74) is 0. The highest BCUT2D eigenvalue weighted by atomic mass is 79.9. The molecule has 0 bridgehead atoms. The van der Waals surface area contributed by atoms with Crippen molar-refractivity contribution >= 4 is 15.9 Å². The number of nitrogens with one attached hydrogen (secondary N) is 1. The van der Waals surface area contributed by atoms with Gasteiger partial charge >= 0.3 is 0 Å². The second-order valence-corrected chi connectivity index (χ2v) is 4.97. The van der Waals surface area contributed by atoms with E-state index in [4.69, 9.17) is 9.47 Å². The molecule has 3 nitrogen and oxygen atoms in total. The molecule has 0 aliphatic carbocycles. The molecule has 0 aromatic heterocycles. The molecule has 0 amide bonds. The first-order valence-electron chi connectivity index (χ1n) is 6.06. The zero-order valence-electron chi connectivity index (χ0n) is 9.82. The van der Waals surface area contributed by atoms with Crippen LogP contribution < -0.4 is 10.1 Å². The number of para-hydroxylation sites is 1. The summed E-state index contributed by atoms with van der Waals surface area (Å²) in [5, 5.41) is 3.35. The molecular formula is C13H18BrNO2. The van der Waals surface area contributed by atoms with Gasteiger partial charge in [-0.25, -0.2) is 0 Å². The Bertz CT molecular complexity index is 340. The molecule has 0 radical (unpaired) electrons. The van der Waals surface area contributed by atoms with Gasteiger partial charge in [0.25, 0.3) is 0 Å². The first-order valence-corrected chi connectivity index (χ1v) is 6.85. The van der Waals surface area contributed by atoms with Crippen LogP contribution in [-0.4, -0.2) is 32.4 Å². The Labute approximate surface area is 111 Å². The highest BCUT2D eigenvalue weighted by Gasteiger charge is 2.14. The van der Waals surface area contributed by atoms with E-state index in [2.05, 4.69) is 21.2 Å². The van der Waals surface area contributed by atoms with Gasteiger partial charge in [-0.1, -0.05) is 12.1 Å². The van der Waals surface area contributed by atoms with Crippen LogP contribution >= 0.6 is 15.9 Å². The van der Waals surface area contributed by atoms with Gasteiger partial charge in [0, 0.05) is 19.7 Å². The van der Waals surface area contributed by atoms with Gasteiger partial charge in [0.05, 0.1) is 10.6 Å². The summed E-state index contributed by atoms with van der Waals surface area (Å²) in [6, 6.07) is 7.89. The maximum Gasteiger partial charge on any atom is 0.133 e. The Hall–Kier alpha value is -0.580. The van der Waals surface area contributed by atoms with Gasteiger partial charge in [-0.3, -0.25) is 0 Å². The van der Waals surface area contributed by atoms with E-state index in [0.29, 0.717) is 12.7 Å². The number of benzene rings is 1. The first kappa shape index (κ1) is 12.9. The number of hydrogen-bond donors (Lipinski definition) is 1. The molecule has 17 heavy (non-hydrogen) atoms. The summed E-state index contributed by atoms with van der Waals surface area (Å²) in [4.78, 5) is 0. The molecule has 1 aliphatic rings. The highest BCUT2D eigenvalue weighted by molar-refractivity contribution is 9.10. The van der Waals surface area contributed by atoms with Crippen molar-refractivity contribution in [1.82, 2.24) is 5.32 Å². The van der Waals surface area contributed by atoms with E-state index in [1.54, 1.807) is 0 Å². The van der Waals surface area contributed by atoms with Gasteiger partial charge in [0.2, 0.25) is 0 Å². The molecule has 1 fully saturated rings. The topological polar surface area (TPSA) is 30.5 Å². The summed E-state index contributed by atoms with van der Waals surface area (Å²) >= 11 is 3.45. The zero-order valence-corrected chi connectivity index (χ0v) is 11.4. The summed E-state index contributed by atoms with van der Waals surface area (Å²) in [6.45, 7) is 3.37. The minimum absolute atomic E-state index is 0.401. The van der Waals surface area contributed by atoms with Gasteiger partial charge in [0.15, 0.2) is 0 Å². The average Bonchev–Trinajstić information content (AvgIpc) is 2.84. The SMILES string of the molecule is Brc1ccccc1OCCNCC1CCCO1. The summed E-state index contributed by atoms with van der Waals surface area (Å²) < 4.78 is 12.2. The molecule has 0 saturated carbocycles. The van der Waals surface area contributed by atoms with E-state index >= 15 is 0 Å². The molecule has 1 saturated heterocycles. The van der Waals surface area contributed by atoms with Crippen LogP contribution in [-0.2, 0) is 4.74 Å². The van der Waals surface area contributed by atoms with Crippen molar-refractivity contribution in [3.63, 3.8) is 0 Å². The fraction of sp³-hybridized carbons (Fsp3) is 0.538. The van der Waals surface area contributed by atoms with Gasteiger partial charge < -0.3 is 14.8 Å². The smallest absolute Gasteiger partial charge is 0.133 e. The molecular weight excluding hydrogens is 282 g/mol. The van der Waals surface area contributed by atoms with E-state index in [0.717, 1.165) is 29.9 Å². The summed E-state index contributed by atoms with van der Waals surface area (Å²) in [5.74, 6) is 0.895. The molecule has 1 N–H and O–H groups in total. The number of ether oxygens (including phenoxy) is 2. The molecule has 2 rings (SSSR count). The average molecular weight is 300 g/mol. The number of halogens is 1. The molecule has 1 aromatic carbocycles. The summed E-state index contributed by atoms with van der Waals surface area (Å²) in [6.07, 6.45) is 2.77. The molecule has 4 heteroatoms. The lowest BCUT2D eigenvalue weighted by Crippen LogP contribution is -2.29. The van der Waals surface area contributed by atoms with E-state index in [1.807, 2.05) is 24.3 Å². The van der Waals surface area contributed by atoms with Crippen molar-refractivity contribution in [3.8, 4) is 5.75 Å². The molecule has 1 aliphatic heterocycles. The zero-order chi connectivity index (χ0) is 11.9. The Balaban J connectivity index is 1.58. The highest BCUT2D eigenvalue weighted by Crippen LogP contribution is 2.23. The van der Waals surface area contributed by atoms with Crippen LogP contribution in [0.4, 0.5) is 0 Å². The first-order chi connectivity index (χ1) is 8.36. The second-order valence-electron chi connectivity index (χ2n) is 4.12. The van der Waals surface area contributed by atoms with Crippen LogP contribution in [0.15, 0.2) is 28.7 Å². The lowest BCUT2D eigenvalue weighted by atomic mass is 10.2. The predicted octanol–water partition coefficient (Wildman–Crippen LogP) is 2.60. The Kier molecular flexibility index (Phi) is 5.29. The maximum absolute atomic E-state index is 5.65. The van der Waals surface area contributed by atoms with Crippen molar-refractivity contribution in [2.24, 2.45) is 0 Å². The molecule has 1 heterocycles. The minimum atomic E-state index is 0.401. The lowest BCUT2D eigenvalue weighted by Gasteiger charge is -2.11. The van der Waals surface area contributed by atoms with Crippen molar-refractivity contribution in [3.05, 3.63) is 28.7 Å². The third kappa shape index (κ3) is 4.30. The normalized spacial score (nSPS) is 19.5. The molecule has 1 unspecified atom stereocenters. The molecule has 94 valence electrons. The number of rotatable bonds is 6. The van der Waals surface area contributed by atoms with Crippen molar-refractivity contribution in [2.45, 2.75) is 18.9 Å². The van der Waals surface area contributed by atoms with Crippen molar-refractivity contribution < 1.29 is 9.47 Å². The minimum Gasteiger partial charge on any atom is -0.491 e. The van der Waals surface area contributed by atoms with Crippen LogP contribution in [0.1, 0.15) is 12.8 Å². The molecule has 1 aromatic rings. The fourth-order valence-corrected chi connectivity index (χ4v) is 2.26. The van der Waals surface area contributed by atoms with Crippen LogP contribution in [0.5, 0.6) is 5.75 Å². The van der Waals surface area contributed by atoms with Crippen LogP contribution in [0, 0.1) is 0 Å². The fourth-order valence-electron chi connectivity index (χ4n) is 1.86.